The van der Waals surface area contributed by atoms with E-state index in [0.717, 1.165) is 36.4 Å². The largest absolute Gasteiger partial charge is 0.386 e. The number of carbonyl (C=O) groups is 1. The van der Waals surface area contributed by atoms with Gasteiger partial charge in [0.1, 0.15) is 0 Å². The molecule has 5 nitrogen and oxygen atoms in total. The average Bonchev–Trinajstić information content (AvgIpc) is 2.61. The monoisotopic (exact) mass is 352 g/mol. The molecule has 0 radical (unpaired) electrons. The second-order valence-electron chi connectivity index (χ2n) is 7.23. The Morgan fingerprint density at radius 3 is 2.50 bits per heavy atom. The number of anilines is 3. The summed E-state index contributed by atoms with van der Waals surface area (Å²) in [7, 11) is 6.15. The molecule has 3 rings (SSSR count). The van der Waals surface area contributed by atoms with Crippen LogP contribution in [0.1, 0.15) is 17.5 Å². The molecular weight excluding hydrogens is 324 g/mol. The highest BCUT2D eigenvalue weighted by atomic mass is 16.2. The molecule has 2 aromatic carbocycles. The molecule has 0 fully saturated rings. The maximum atomic E-state index is 12.3. The topological polar surface area (TPSA) is 56.4 Å². The lowest BCUT2D eigenvalue weighted by Gasteiger charge is -2.28. The van der Waals surface area contributed by atoms with Crippen LogP contribution in [0.5, 0.6) is 0 Å². The molecule has 26 heavy (non-hydrogen) atoms. The van der Waals surface area contributed by atoms with Gasteiger partial charge in [0.2, 0.25) is 0 Å². The molecule has 0 spiro atoms. The quantitative estimate of drug-likeness (QED) is 0.761. The van der Waals surface area contributed by atoms with Crippen molar-refractivity contribution in [1.29, 1.82) is 0 Å². The molecule has 0 saturated heterocycles. The normalized spacial score (nSPS) is 16.1. The van der Waals surface area contributed by atoms with Crippen LogP contribution >= 0.6 is 0 Å². The van der Waals surface area contributed by atoms with Crippen molar-refractivity contribution in [1.82, 2.24) is 4.90 Å². The average molecular weight is 352 g/mol. The molecule has 1 atom stereocenters. The van der Waals surface area contributed by atoms with Gasteiger partial charge in [-0.3, -0.25) is 0 Å². The van der Waals surface area contributed by atoms with Crippen molar-refractivity contribution in [2.24, 2.45) is 5.92 Å². The van der Waals surface area contributed by atoms with E-state index < -0.39 is 0 Å². The number of rotatable bonds is 5. The first-order chi connectivity index (χ1) is 12.5. The summed E-state index contributed by atoms with van der Waals surface area (Å²) in [6.45, 7) is 1.12. The number of nitrogens with one attached hydrogen (secondary N) is 3. The third-order valence-electron chi connectivity index (χ3n) is 4.84. The van der Waals surface area contributed by atoms with Gasteiger partial charge in [-0.05, 0) is 74.7 Å². The maximum absolute atomic E-state index is 12.3. The molecule has 0 aromatic heterocycles. The summed E-state index contributed by atoms with van der Waals surface area (Å²) < 4.78 is 0. The van der Waals surface area contributed by atoms with Crippen molar-refractivity contribution in [3.63, 3.8) is 0 Å². The van der Waals surface area contributed by atoms with Crippen LogP contribution in [0, 0.1) is 5.92 Å². The summed E-state index contributed by atoms with van der Waals surface area (Å²) in [4.78, 5) is 14.6. The van der Waals surface area contributed by atoms with E-state index in [-0.39, 0.29) is 6.03 Å². The van der Waals surface area contributed by atoms with Crippen molar-refractivity contribution >= 4 is 23.1 Å². The van der Waals surface area contributed by atoms with Gasteiger partial charge in [0.25, 0.3) is 0 Å². The number of benzene rings is 2. The summed E-state index contributed by atoms with van der Waals surface area (Å²) in [6.07, 6.45) is 3.35. The van der Waals surface area contributed by atoms with Gasteiger partial charge in [-0.15, -0.1) is 0 Å². The van der Waals surface area contributed by atoms with Crippen molar-refractivity contribution in [2.75, 3.05) is 43.6 Å². The van der Waals surface area contributed by atoms with Crippen molar-refractivity contribution in [2.45, 2.75) is 19.3 Å². The minimum absolute atomic E-state index is 0.228. The van der Waals surface area contributed by atoms with Crippen LogP contribution in [-0.4, -0.2) is 38.6 Å². The Balaban J connectivity index is 1.73. The fraction of sp³-hybridized carbons (Fsp3) is 0.381. The smallest absolute Gasteiger partial charge is 0.323 e. The first-order valence-electron chi connectivity index (χ1n) is 9.16. The molecule has 138 valence electrons. The highest BCUT2D eigenvalue weighted by Crippen LogP contribution is 2.33. The Morgan fingerprint density at radius 2 is 1.81 bits per heavy atom. The van der Waals surface area contributed by atoms with Crippen molar-refractivity contribution < 1.29 is 4.79 Å². The number of aryl methyl sites for hydroxylation is 1. The van der Waals surface area contributed by atoms with Gasteiger partial charge in [0.15, 0.2) is 0 Å². The number of urea groups is 1. The van der Waals surface area contributed by atoms with Gasteiger partial charge < -0.3 is 20.9 Å². The number of hydrogen-bond acceptors (Lipinski definition) is 3. The molecule has 1 aliphatic rings. The zero-order chi connectivity index (χ0) is 18.5. The summed E-state index contributed by atoms with van der Waals surface area (Å²) in [6, 6.07) is 13.6. The third-order valence-corrected chi connectivity index (χ3v) is 4.84. The number of fused-ring (bicyclic) bond motifs is 1. The third kappa shape index (κ3) is 4.55. The van der Waals surface area contributed by atoms with Gasteiger partial charge in [-0.2, -0.15) is 0 Å². The predicted octanol–water partition coefficient (Wildman–Crippen LogP) is 4.04. The van der Waals surface area contributed by atoms with E-state index in [1.165, 1.54) is 17.5 Å². The zero-order valence-corrected chi connectivity index (χ0v) is 15.8. The zero-order valence-electron chi connectivity index (χ0n) is 15.8. The maximum Gasteiger partial charge on any atom is 0.323 e. The van der Waals surface area contributed by atoms with Crippen LogP contribution in [0.3, 0.4) is 0 Å². The molecule has 2 amide bonds. The summed E-state index contributed by atoms with van der Waals surface area (Å²) in [5.41, 5.74) is 5.29. The SMILES string of the molecule is CNc1cc2c(cc1NC(=O)Nc1ccccc1)CCC(CN(C)C)C2. The lowest BCUT2D eigenvalue weighted by atomic mass is 9.83. The fourth-order valence-electron chi connectivity index (χ4n) is 3.67. The van der Waals surface area contributed by atoms with Crippen LogP contribution in [0.15, 0.2) is 42.5 Å². The molecule has 5 heteroatoms. The number of para-hydroxylation sites is 1. The number of hydrogen-bond donors (Lipinski definition) is 3. The number of nitrogens with zero attached hydrogens (tertiary/aromatic N) is 1. The lowest BCUT2D eigenvalue weighted by molar-refractivity contribution is 0.262. The summed E-state index contributed by atoms with van der Waals surface area (Å²) in [5.74, 6) is 0.697. The molecule has 0 heterocycles. The molecule has 0 aliphatic heterocycles. The lowest BCUT2D eigenvalue weighted by Crippen LogP contribution is -2.27. The molecule has 0 bridgehead atoms. The first-order valence-corrected chi connectivity index (χ1v) is 9.16. The molecular formula is C21H28N4O. The highest BCUT2D eigenvalue weighted by Gasteiger charge is 2.21. The Bertz CT molecular complexity index is 758. The van der Waals surface area contributed by atoms with E-state index in [1.54, 1.807) is 0 Å². The number of amides is 2. The molecule has 2 aromatic rings. The van der Waals surface area contributed by atoms with Gasteiger partial charge in [0.05, 0.1) is 11.4 Å². The minimum atomic E-state index is -0.228. The molecule has 3 N–H and O–H groups in total. The second-order valence-corrected chi connectivity index (χ2v) is 7.23. The van der Waals surface area contributed by atoms with Gasteiger partial charge in [0, 0.05) is 19.3 Å². The molecule has 1 unspecified atom stereocenters. The van der Waals surface area contributed by atoms with Crippen LogP contribution in [0.4, 0.5) is 21.9 Å². The molecule has 0 saturated carbocycles. The Hall–Kier alpha value is -2.53. The van der Waals surface area contributed by atoms with E-state index in [0.29, 0.717) is 5.92 Å². The van der Waals surface area contributed by atoms with E-state index in [9.17, 15) is 4.79 Å². The first kappa shape index (κ1) is 18.3. The minimum Gasteiger partial charge on any atom is -0.386 e. The predicted molar refractivity (Wildman–Crippen MR) is 109 cm³/mol. The van der Waals surface area contributed by atoms with Crippen LogP contribution in [-0.2, 0) is 12.8 Å². The summed E-state index contributed by atoms with van der Waals surface area (Å²) >= 11 is 0. The standard InChI is InChI=1S/C21H28N4O/c1-22-19-13-17-11-15(14-25(2)3)9-10-16(17)12-20(19)24-21(26)23-18-7-5-4-6-8-18/h4-8,12-13,15,22H,9-11,14H2,1-3H3,(H2,23,24,26). The second kappa shape index (κ2) is 8.23. The number of carbonyl (C=O) groups excluding carboxylic acids is 1. The summed E-state index contributed by atoms with van der Waals surface area (Å²) in [5, 5.41) is 9.07. The van der Waals surface area contributed by atoms with Gasteiger partial charge in [-0.1, -0.05) is 18.2 Å². The van der Waals surface area contributed by atoms with Gasteiger partial charge >= 0.3 is 6.03 Å². The van der Waals surface area contributed by atoms with E-state index in [1.807, 2.05) is 37.4 Å². The van der Waals surface area contributed by atoms with E-state index >= 15 is 0 Å². The van der Waals surface area contributed by atoms with E-state index in [2.05, 4.69) is 47.1 Å². The highest BCUT2D eigenvalue weighted by molar-refractivity contribution is 6.01. The van der Waals surface area contributed by atoms with Crippen LogP contribution in [0.2, 0.25) is 0 Å². The Kier molecular flexibility index (Phi) is 5.78. The Morgan fingerprint density at radius 1 is 1.08 bits per heavy atom. The van der Waals surface area contributed by atoms with Crippen LogP contribution < -0.4 is 16.0 Å². The molecule has 1 aliphatic carbocycles. The van der Waals surface area contributed by atoms with Crippen molar-refractivity contribution in [3.05, 3.63) is 53.6 Å². The Labute approximate surface area is 155 Å². The van der Waals surface area contributed by atoms with Gasteiger partial charge in [-0.25, -0.2) is 4.79 Å². The fourth-order valence-corrected chi connectivity index (χ4v) is 3.67. The van der Waals surface area contributed by atoms with E-state index in [4.69, 9.17) is 0 Å². The van der Waals surface area contributed by atoms with Crippen LogP contribution in [0.25, 0.3) is 0 Å². The van der Waals surface area contributed by atoms with Crippen molar-refractivity contribution in [3.8, 4) is 0 Å².